The van der Waals surface area contributed by atoms with E-state index < -0.39 is 6.10 Å². The molecule has 3 aromatic rings. The molecule has 1 unspecified atom stereocenters. The Hall–Kier alpha value is -2.61. The molecule has 2 aromatic heterocycles. The Morgan fingerprint density at radius 2 is 2.07 bits per heavy atom. The van der Waals surface area contributed by atoms with Gasteiger partial charge in [-0.3, -0.25) is 4.79 Å². The fraction of sp³-hybridized carbons (Fsp3) is 0.150. The average molecular weight is 399 g/mol. The summed E-state index contributed by atoms with van der Waals surface area (Å²) in [6.07, 6.45) is 2.62. The molecular weight excluding hydrogens is 382 g/mol. The highest BCUT2D eigenvalue weighted by atomic mass is 32.1. The van der Waals surface area contributed by atoms with E-state index in [4.69, 9.17) is 9.47 Å². The average Bonchev–Trinajstić information content (AvgIpc) is 3.45. The number of fused-ring (bicyclic) bond motifs is 1. The van der Waals surface area contributed by atoms with Crippen molar-refractivity contribution in [3.8, 4) is 11.5 Å². The number of hydrogen-bond acceptors (Lipinski definition) is 6. The van der Waals surface area contributed by atoms with Gasteiger partial charge in [0.25, 0.3) is 0 Å². The van der Waals surface area contributed by atoms with E-state index in [2.05, 4.69) is 5.32 Å². The van der Waals surface area contributed by atoms with Crippen molar-refractivity contribution in [2.75, 3.05) is 6.79 Å². The maximum atomic E-state index is 12.1. The second-order valence-electron chi connectivity index (χ2n) is 5.89. The number of thiophene rings is 2. The Morgan fingerprint density at radius 1 is 1.19 bits per heavy atom. The molecule has 0 fully saturated rings. The molecule has 0 radical (unpaired) electrons. The zero-order valence-corrected chi connectivity index (χ0v) is 15.9. The van der Waals surface area contributed by atoms with E-state index in [1.165, 1.54) is 28.7 Å². The Labute approximate surface area is 164 Å². The quantitative estimate of drug-likeness (QED) is 0.616. The zero-order valence-electron chi connectivity index (χ0n) is 14.3. The van der Waals surface area contributed by atoms with Gasteiger partial charge in [0, 0.05) is 20.7 Å². The highest BCUT2D eigenvalue weighted by molar-refractivity contribution is 7.12. The minimum absolute atomic E-state index is 0.179. The number of carbonyl (C=O) groups is 1. The molecule has 0 saturated carbocycles. The maximum Gasteiger partial charge on any atom is 0.244 e. The predicted octanol–water partition coefficient (Wildman–Crippen LogP) is 3.95. The van der Waals surface area contributed by atoms with Crippen LogP contribution < -0.4 is 14.8 Å². The molecule has 3 heterocycles. The third kappa shape index (κ3) is 4.21. The van der Waals surface area contributed by atoms with Gasteiger partial charge in [-0.2, -0.15) is 0 Å². The van der Waals surface area contributed by atoms with Crippen LogP contribution in [0.15, 0.2) is 53.9 Å². The van der Waals surface area contributed by atoms with Crippen molar-refractivity contribution in [3.05, 3.63) is 74.1 Å². The molecule has 0 spiro atoms. The van der Waals surface area contributed by atoms with E-state index >= 15 is 0 Å². The fourth-order valence-electron chi connectivity index (χ4n) is 2.65. The largest absolute Gasteiger partial charge is 0.454 e. The summed E-state index contributed by atoms with van der Waals surface area (Å²) in [5.74, 6) is 1.23. The first kappa shape index (κ1) is 17.8. The van der Waals surface area contributed by atoms with Crippen LogP contribution in [0.5, 0.6) is 11.5 Å². The highest BCUT2D eigenvalue weighted by Gasteiger charge is 2.14. The number of nitrogens with one attached hydrogen (secondary N) is 1. The van der Waals surface area contributed by atoms with Crippen molar-refractivity contribution >= 4 is 34.7 Å². The smallest absolute Gasteiger partial charge is 0.244 e. The molecule has 1 amide bonds. The molecule has 5 nitrogen and oxygen atoms in total. The summed E-state index contributed by atoms with van der Waals surface area (Å²) in [6, 6.07) is 13.2. The Kier molecular flexibility index (Phi) is 5.24. The molecule has 27 heavy (non-hydrogen) atoms. The number of benzene rings is 1. The van der Waals surface area contributed by atoms with Crippen LogP contribution >= 0.6 is 22.7 Å². The number of hydrogen-bond donors (Lipinski definition) is 2. The van der Waals surface area contributed by atoms with Gasteiger partial charge in [0.05, 0.1) is 6.54 Å². The van der Waals surface area contributed by atoms with E-state index in [1.54, 1.807) is 6.08 Å². The molecule has 1 aliphatic heterocycles. The van der Waals surface area contributed by atoms with Gasteiger partial charge in [-0.1, -0.05) is 12.1 Å². The van der Waals surface area contributed by atoms with Crippen molar-refractivity contribution in [3.63, 3.8) is 0 Å². The second kappa shape index (κ2) is 7.96. The van der Waals surface area contributed by atoms with Crippen molar-refractivity contribution in [1.82, 2.24) is 5.32 Å². The number of aliphatic hydroxyl groups excluding tert-OH is 1. The van der Waals surface area contributed by atoms with Gasteiger partial charge in [-0.25, -0.2) is 0 Å². The molecule has 7 heteroatoms. The normalized spacial score (nSPS) is 13.8. The first-order valence-corrected chi connectivity index (χ1v) is 10.0. The van der Waals surface area contributed by atoms with E-state index in [0.717, 1.165) is 25.9 Å². The van der Waals surface area contributed by atoms with Crippen molar-refractivity contribution in [2.24, 2.45) is 0 Å². The molecular formula is C20H17NO4S2. The lowest BCUT2D eigenvalue weighted by atomic mass is 10.2. The summed E-state index contributed by atoms with van der Waals surface area (Å²) in [6.45, 7) is 0.652. The molecule has 4 rings (SSSR count). The summed E-state index contributed by atoms with van der Waals surface area (Å²) < 4.78 is 10.6. The number of aliphatic hydroxyl groups is 1. The van der Waals surface area contributed by atoms with Crippen LogP contribution in [-0.4, -0.2) is 17.8 Å². The molecule has 1 aliphatic rings. The topological polar surface area (TPSA) is 67.8 Å². The van der Waals surface area contributed by atoms with Gasteiger partial charge in [0.1, 0.15) is 6.10 Å². The Balaban J connectivity index is 1.32. The summed E-state index contributed by atoms with van der Waals surface area (Å²) in [4.78, 5) is 14.8. The second-order valence-corrected chi connectivity index (χ2v) is 8.07. The first-order valence-electron chi connectivity index (χ1n) is 8.35. The number of rotatable bonds is 6. The molecule has 2 N–H and O–H groups in total. The maximum absolute atomic E-state index is 12.1. The van der Waals surface area contributed by atoms with Crippen LogP contribution in [0.2, 0.25) is 0 Å². The van der Waals surface area contributed by atoms with Crippen molar-refractivity contribution in [1.29, 1.82) is 0 Å². The molecule has 1 atom stereocenters. The van der Waals surface area contributed by atoms with Gasteiger partial charge < -0.3 is 19.9 Å². The van der Waals surface area contributed by atoms with Crippen LogP contribution in [0.4, 0.5) is 0 Å². The third-order valence-corrected chi connectivity index (χ3v) is 6.09. The summed E-state index contributed by atoms with van der Waals surface area (Å²) >= 11 is 3.02. The predicted molar refractivity (Wildman–Crippen MR) is 106 cm³/mol. The van der Waals surface area contributed by atoms with E-state index in [1.807, 2.05) is 47.8 Å². The number of carbonyl (C=O) groups excluding carboxylic acids is 1. The zero-order chi connectivity index (χ0) is 18.6. The fourth-order valence-corrected chi connectivity index (χ4v) is 4.41. The standard InChI is InChI=1S/C20H17NO4S2/c22-19(8-4-13-3-6-15-16(10-13)25-12-24-15)21-11-14-5-7-18(27-14)20(23)17-2-1-9-26-17/h1-10,20,23H,11-12H2,(H,21,22). The van der Waals surface area contributed by atoms with Crippen molar-refractivity contribution in [2.45, 2.75) is 12.6 Å². The summed E-state index contributed by atoms with van der Waals surface area (Å²) in [5, 5.41) is 15.2. The first-order chi connectivity index (χ1) is 13.2. The van der Waals surface area contributed by atoms with Gasteiger partial charge in [0.15, 0.2) is 11.5 Å². The third-order valence-electron chi connectivity index (χ3n) is 4.03. The minimum Gasteiger partial charge on any atom is -0.454 e. The van der Waals surface area contributed by atoms with Crippen LogP contribution in [0, 0.1) is 0 Å². The van der Waals surface area contributed by atoms with E-state index in [9.17, 15) is 9.90 Å². The van der Waals surface area contributed by atoms with Crippen molar-refractivity contribution < 1.29 is 19.4 Å². The molecule has 0 bridgehead atoms. The molecule has 0 saturated heterocycles. The lowest BCUT2D eigenvalue weighted by molar-refractivity contribution is -0.116. The van der Waals surface area contributed by atoms with Gasteiger partial charge in [-0.05, 0) is 47.4 Å². The van der Waals surface area contributed by atoms with Gasteiger partial charge in [0.2, 0.25) is 12.7 Å². The highest BCUT2D eigenvalue weighted by Crippen LogP contribution is 2.33. The lowest BCUT2D eigenvalue weighted by Gasteiger charge is -2.05. The van der Waals surface area contributed by atoms with Gasteiger partial charge >= 0.3 is 0 Å². The Morgan fingerprint density at radius 3 is 2.93 bits per heavy atom. The molecule has 138 valence electrons. The Bertz CT molecular complexity index is 962. The minimum atomic E-state index is -0.606. The monoisotopic (exact) mass is 399 g/mol. The van der Waals surface area contributed by atoms with E-state index in [-0.39, 0.29) is 12.7 Å². The SMILES string of the molecule is O=C(C=Cc1ccc2c(c1)OCO2)NCc1ccc(C(O)c2cccs2)s1. The van der Waals surface area contributed by atoms with E-state index in [0.29, 0.717) is 12.3 Å². The van der Waals surface area contributed by atoms with Crippen LogP contribution in [0.1, 0.15) is 26.3 Å². The molecule has 1 aromatic carbocycles. The lowest BCUT2D eigenvalue weighted by Crippen LogP contribution is -2.19. The molecule has 0 aliphatic carbocycles. The summed E-state index contributed by atoms with van der Waals surface area (Å²) in [7, 11) is 0. The van der Waals surface area contributed by atoms with Gasteiger partial charge in [-0.15, -0.1) is 22.7 Å². The summed E-state index contributed by atoms with van der Waals surface area (Å²) in [5.41, 5.74) is 0.867. The van der Waals surface area contributed by atoms with Crippen LogP contribution in [0.3, 0.4) is 0 Å². The van der Waals surface area contributed by atoms with Crippen LogP contribution in [-0.2, 0) is 11.3 Å². The number of amides is 1. The van der Waals surface area contributed by atoms with Crippen LogP contribution in [0.25, 0.3) is 6.08 Å². The number of ether oxygens (including phenoxy) is 2.